The summed E-state index contributed by atoms with van der Waals surface area (Å²) in [4.78, 5) is 0. The topological polar surface area (TPSA) is 9.23 Å². The summed E-state index contributed by atoms with van der Waals surface area (Å²) in [6.45, 7) is 7.20. The van der Waals surface area contributed by atoms with Crippen LogP contribution in [-0.4, -0.2) is 6.61 Å². The highest BCUT2D eigenvalue weighted by Gasteiger charge is 1.88. The number of hydrogen-bond acceptors (Lipinski definition) is 1. The molecule has 0 atom stereocenters. The van der Waals surface area contributed by atoms with Crippen molar-refractivity contribution in [2.75, 3.05) is 6.61 Å². The Kier molecular flexibility index (Phi) is 5.38. The zero-order chi connectivity index (χ0) is 7.11. The van der Waals surface area contributed by atoms with E-state index in [9.17, 15) is 0 Å². The predicted octanol–water partition coefficient (Wildman–Crippen LogP) is 2.58. The summed E-state index contributed by atoms with van der Waals surface area (Å²) in [5.41, 5.74) is 0. The van der Waals surface area contributed by atoms with Gasteiger partial charge in [0, 0.05) is 0 Å². The smallest absolute Gasteiger partial charge is 0.0895 e. The van der Waals surface area contributed by atoms with Crippen molar-refractivity contribution in [2.24, 2.45) is 5.92 Å². The van der Waals surface area contributed by atoms with Crippen LogP contribution < -0.4 is 0 Å². The first-order chi connectivity index (χ1) is 4.27. The fraction of sp³-hybridized carbons (Fsp3) is 0.750. The van der Waals surface area contributed by atoms with Crippen LogP contribution in [0.15, 0.2) is 12.3 Å². The molecule has 0 aromatic heterocycles. The molecule has 0 rings (SSSR count). The largest absolute Gasteiger partial charge is 0.501 e. The van der Waals surface area contributed by atoms with Crippen LogP contribution in [0.4, 0.5) is 0 Å². The number of rotatable bonds is 4. The van der Waals surface area contributed by atoms with E-state index in [0.29, 0.717) is 5.92 Å². The fourth-order valence-corrected chi connectivity index (χ4v) is 0.412. The summed E-state index contributed by atoms with van der Waals surface area (Å²) >= 11 is 0. The van der Waals surface area contributed by atoms with Gasteiger partial charge in [-0.15, -0.1) is 0 Å². The Labute approximate surface area is 57.7 Å². The van der Waals surface area contributed by atoms with Crippen LogP contribution in [0.2, 0.25) is 0 Å². The molecule has 9 heavy (non-hydrogen) atoms. The van der Waals surface area contributed by atoms with Gasteiger partial charge >= 0.3 is 0 Å². The first-order valence-corrected chi connectivity index (χ1v) is 3.54. The maximum Gasteiger partial charge on any atom is 0.0895 e. The third-order valence-corrected chi connectivity index (χ3v) is 0.858. The average Bonchev–Trinajstić information content (AvgIpc) is 1.80. The van der Waals surface area contributed by atoms with Gasteiger partial charge in [0.1, 0.15) is 0 Å². The van der Waals surface area contributed by atoms with Crippen molar-refractivity contribution >= 4 is 0 Å². The maximum absolute atomic E-state index is 5.15. The van der Waals surface area contributed by atoms with Crippen LogP contribution in [-0.2, 0) is 4.74 Å². The molecule has 0 N–H and O–H groups in total. The van der Waals surface area contributed by atoms with Gasteiger partial charge in [0.15, 0.2) is 0 Å². The monoisotopic (exact) mass is 128 g/mol. The number of hydrogen-bond donors (Lipinski definition) is 0. The molecule has 0 bridgehead atoms. The maximum atomic E-state index is 5.15. The number of allylic oxidation sites excluding steroid dienone is 1. The van der Waals surface area contributed by atoms with Crippen LogP contribution in [0.25, 0.3) is 0 Å². The van der Waals surface area contributed by atoms with Crippen molar-refractivity contribution in [1.29, 1.82) is 0 Å². The highest BCUT2D eigenvalue weighted by Crippen LogP contribution is 1.92. The van der Waals surface area contributed by atoms with Crippen LogP contribution in [0, 0.1) is 5.92 Å². The molecule has 0 aliphatic heterocycles. The Morgan fingerprint density at radius 2 is 2.11 bits per heavy atom. The van der Waals surface area contributed by atoms with Crippen molar-refractivity contribution in [3.05, 3.63) is 12.3 Å². The minimum atomic E-state index is 0.631. The Morgan fingerprint density at radius 3 is 2.56 bits per heavy atom. The van der Waals surface area contributed by atoms with Gasteiger partial charge in [0.05, 0.1) is 12.9 Å². The lowest BCUT2D eigenvalue weighted by Crippen LogP contribution is -1.95. The van der Waals surface area contributed by atoms with Crippen molar-refractivity contribution in [1.82, 2.24) is 0 Å². The molecule has 0 aliphatic carbocycles. The zero-order valence-corrected chi connectivity index (χ0v) is 6.55. The van der Waals surface area contributed by atoms with Crippen LogP contribution in [0.1, 0.15) is 27.2 Å². The lowest BCUT2D eigenvalue weighted by Gasteiger charge is -2.01. The van der Waals surface area contributed by atoms with E-state index in [1.165, 1.54) is 0 Å². The summed E-state index contributed by atoms with van der Waals surface area (Å²) in [5, 5.41) is 0. The quantitative estimate of drug-likeness (QED) is 0.529. The highest BCUT2D eigenvalue weighted by atomic mass is 16.5. The standard InChI is InChI=1S/C8H16O/c1-4-5-6-9-7-8(2)3/h5-6,8H,4,7H2,1-3H3. The van der Waals surface area contributed by atoms with E-state index in [-0.39, 0.29) is 0 Å². The van der Waals surface area contributed by atoms with E-state index in [0.717, 1.165) is 13.0 Å². The molecule has 0 spiro atoms. The van der Waals surface area contributed by atoms with E-state index < -0.39 is 0 Å². The lowest BCUT2D eigenvalue weighted by atomic mass is 10.2. The van der Waals surface area contributed by atoms with Gasteiger partial charge in [0.25, 0.3) is 0 Å². The molecule has 1 nitrogen and oxygen atoms in total. The van der Waals surface area contributed by atoms with Gasteiger partial charge in [-0.1, -0.05) is 26.8 Å². The molecule has 0 fully saturated rings. The second-order valence-corrected chi connectivity index (χ2v) is 2.51. The highest BCUT2D eigenvalue weighted by molar-refractivity contribution is 4.70. The first kappa shape index (κ1) is 8.54. The van der Waals surface area contributed by atoms with E-state index in [1.54, 1.807) is 6.26 Å². The zero-order valence-electron chi connectivity index (χ0n) is 6.55. The Balaban J connectivity index is 2.99. The summed E-state index contributed by atoms with van der Waals surface area (Å²) < 4.78 is 5.15. The van der Waals surface area contributed by atoms with Gasteiger partial charge in [-0.2, -0.15) is 0 Å². The Hall–Kier alpha value is -0.460. The summed E-state index contributed by atoms with van der Waals surface area (Å²) in [6.07, 6.45) is 4.85. The molecule has 0 unspecified atom stereocenters. The number of ether oxygens (including phenoxy) is 1. The summed E-state index contributed by atoms with van der Waals surface area (Å²) in [5.74, 6) is 0.631. The summed E-state index contributed by atoms with van der Waals surface area (Å²) in [7, 11) is 0. The van der Waals surface area contributed by atoms with E-state index in [4.69, 9.17) is 4.74 Å². The molecule has 0 heterocycles. The molecular formula is C8H16O. The minimum absolute atomic E-state index is 0.631. The van der Waals surface area contributed by atoms with E-state index >= 15 is 0 Å². The Morgan fingerprint density at radius 1 is 1.44 bits per heavy atom. The average molecular weight is 128 g/mol. The predicted molar refractivity (Wildman–Crippen MR) is 40.2 cm³/mol. The molecule has 1 heteroatoms. The Bertz CT molecular complexity index is 74.6. The first-order valence-electron chi connectivity index (χ1n) is 3.54. The molecular weight excluding hydrogens is 112 g/mol. The van der Waals surface area contributed by atoms with Crippen molar-refractivity contribution in [3.8, 4) is 0 Å². The fourth-order valence-electron chi connectivity index (χ4n) is 0.412. The molecule has 0 aliphatic rings. The molecule has 0 radical (unpaired) electrons. The summed E-state index contributed by atoms with van der Waals surface area (Å²) in [6, 6.07) is 0. The molecule has 54 valence electrons. The molecule has 0 saturated heterocycles. The van der Waals surface area contributed by atoms with Gasteiger partial charge < -0.3 is 4.74 Å². The van der Waals surface area contributed by atoms with Crippen LogP contribution >= 0.6 is 0 Å². The van der Waals surface area contributed by atoms with E-state index in [1.807, 2.05) is 6.08 Å². The van der Waals surface area contributed by atoms with Crippen molar-refractivity contribution in [3.63, 3.8) is 0 Å². The van der Waals surface area contributed by atoms with Gasteiger partial charge in [-0.3, -0.25) is 0 Å². The molecule has 0 aromatic rings. The minimum Gasteiger partial charge on any atom is -0.501 e. The molecule has 0 aromatic carbocycles. The lowest BCUT2D eigenvalue weighted by molar-refractivity contribution is 0.211. The van der Waals surface area contributed by atoms with Crippen molar-refractivity contribution < 1.29 is 4.74 Å². The third-order valence-electron chi connectivity index (χ3n) is 0.858. The third kappa shape index (κ3) is 7.54. The normalized spacial score (nSPS) is 11.1. The SMILES string of the molecule is CCC=COCC(C)C. The van der Waals surface area contributed by atoms with Gasteiger partial charge in [0.2, 0.25) is 0 Å². The van der Waals surface area contributed by atoms with Crippen LogP contribution in [0.5, 0.6) is 0 Å². The van der Waals surface area contributed by atoms with Gasteiger partial charge in [-0.25, -0.2) is 0 Å². The second-order valence-electron chi connectivity index (χ2n) is 2.51. The molecule has 0 amide bonds. The second kappa shape index (κ2) is 5.67. The van der Waals surface area contributed by atoms with E-state index in [2.05, 4.69) is 20.8 Å². The van der Waals surface area contributed by atoms with Crippen molar-refractivity contribution in [2.45, 2.75) is 27.2 Å². The van der Waals surface area contributed by atoms with Gasteiger partial charge in [-0.05, 0) is 12.3 Å². The molecule has 0 saturated carbocycles. The van der Waals surface area contributed by atoms with Crippen LogP contribution in [0.3, 0.4) is 0 Å².